The van der Waals surface area contributed by atoms with E-state index in [1.807, 2.05) is 17.0 Å². The average Bonchev–Trinajstić information content (AvgIpc) is 2.82. The van der Waals surface area contributed by atoms with Crippen LogP contribution in [0.4, 0.5) is 0 Å². The summed E-state index contributed by atoms with van der Waals surface area (Å²) in [6.07, 6.45) is 2.83. The number of hydrogen-bond acceptors (Lipinski definition) is 6. The minimum Gasteiger partial charge on any atom is -0.465 e. The molecule has 0 bridgehead atoms. The topological polar surface area (TPSA) is 141 Å². The van der Waals surface area contributed by atoms with Gasteiger partial charge >= 0.3 is 5.97 Å². The zero-order chi connectivity index (χ0) is 25.8. The highest BCUT2D eigenvalue weighted by molar-refractivity contribution is 7.88. The van der Waals surface area contributed by atoms with Crippen molar-refractivity contribution in [2.75, 3.05) is 33.0 Å². The van der Waals surface area contributed by atoms with Gasteiger partial charge in [0.2, 0.25) is 10.0 Å². The molecule has 0 unspecified atom stereocenters. The monoisotopic (exact) mass is 499 g/mol. The van der Waals surface area contributed by atoms with Crippen LogP contribution in [0.15, 0.2) is 42.5 Å². The molecular formula is C25H33N5O4S. The summed E-state index contributed by atoms with van der Waals surface area (Å²) in [6, 6.07) is 12.3. The van der Waals surface area contributed by atoms with Crippen molar-refractivity contribution in [2.45, 2.75) is 26.3 Å². The summed E-state index contributed by atoms with van der Waals surface area (Å²) >= 11 is 0. The zero-order valence-electron chi connectivity index (χ0n) is 20.4. The van der Waals surface area contributed by atoms with Crippen LogP contribution >= 0.6 is 0 Å². The van der Waals surface area contributed by atoms with Gasteiger partial charge in [0.1, 0.15) is 5.84 Å². The fourth-order valence-electron chi connectivity index (χ4n) is 4.31. The largest absolute Gasteiger partial charge is 0.465 e. The van der Waals surface area contributed by atoms with Crippen molar-refractivity contribution in [1.29, 1.82) is 10.8 Å². The lowest BCUT2D eigenvalue weighted by Crippen LogP contribution is -2.41. The summed E-state index contributed by atoms with van der Waals surface area (Å²) in [6.45, 7) is 3.74. The predicted molar refractivity (Wildman–Crippen MR) is 137 cm³/mol. The second-order valence-corrected chi connectivity index (χ2v) is 11.0. The first kappa shape index (κ1) is 26.4. The van der Waals surface area contributed by atoms with Gasteiger partial charge in [-0.05, 0) is 66.6 Å². The van der Waals surface area contributed by atoms with Crippen molar-refractivity contribution in [3.63, 3.8) is 0 Å². The molecule has 9 nitrogen and oxygen atoms in total. The number of nitrogens with two attached hydrogens (primary N) is 1. The van der Waals surface area contributed by atoms with Gasteiger partial charge in [0.05, 0.1) is 24.8 Å². The maximum Gasteiger partial charge on any atom is 0.337 e. The number of esters is 1. The second kappa shape index (κ2) is 11.0. The van der Waals surface area contributed by atoms with E-state index in [0.29, 0.717) is 34.6 Å². The normalized spacial score (nSPS) is 14.7. The van der Waals surface area contributed by atoms with Crippen LogP contribution in [0.5, 0.6) is 0 Å². The van der Waals surface area contributed by atoms with Crippen molar-refractivity contribution >= 4 is 27.7 Å². The standard InChI is InChI=1S/C25H33N5O4S/c1-17(26)29-9-7-18(8-10-29)15-30(35(3,32)33)16-19-11-22(14-23(12-19)25(31)34-2)20-5-4-6-21(13-20)24(27)28/h4-6,11-14,18,26H,7-10,15-16H2,1-3H3,(H3,27,28). The van der Waals surface area contributed by atoms with Crippen LogP contribution in [-0.2, 0) is 21.3 Å². The molecule has 2 aromatic rings. The number of amidine groups is 2. The van der Waals surface area contributed by atoms with Gasteiger partial charge in [0.25, 0.3) is 0 Å². The number of nitrogens with one attached hydrogen (secondary N) is 2. The number of nitrogens with zero attached hydrogens (tertiary/aromatic N) is 2. The van der Waals surface area contributed by atoms with E-state index >= 15 is 0 Å². The first-order chi connectivity index (χ1) is 16.5. The van der Waals surface area contributed by atoms with Crippen molar-refractivity contribution < 1.29 is 17.9 Å². The molecule has 188 valence electrons. The zero-order valence-corrected chi connectivity index (χ0v) is 21.2. The molecule has 1 saturated heterocycles. The number of sulfonamides is 1. The Morgan fingerprint density at radius 1 is 1.11 bits per heavy atom. The molecule has 1 aliphatic rings. The first-order valence-corrected chi connectivity index (χ1v) is 13.2. The van der Waals surface area contributed by atoms with Gasteiger partial charge in [0, 0.05) is 31.7 Å². The molecule has 2 aromatic carbocycles. The number of likely N-dealkylation sites (tertiary alicyclic amines) is 1. The van der Waals surface area contributed by atoms with E-state index in [9.17, 15) is 13.2 Å². The van der Waals surface area contributed by atoms with Gasteiger partial charge in [-0.25, -0.2) is 13.2 Å². The Labute approximate surface area is 206 Å². The third kappa shape index (κ3) is 6.89. The minimum atomic E-state index is -3.51. The van der Waals surface area contributed by atoms with E-state index in [0.717, 1.165) is 31.5 Å². The van der Waals surface area contributed by atoms with Gasteiger partial charge in [-0.3, -0.25) is 10.8 Å². The van der Waals surface area contributed by atoms with Gasteiger partial charge in [-0.15, -0.1) is 0 Å². The van der Waals surface area contributed by atoms with E-state index in [1.165, 1.54) is 17.7 Å². The second-order valence-electron chi connectivity index (χ2n) is 8.98. The van der Waals surface area contributed by atoms with Gasteiger partial charge < -0.3 is 15.4 Å². The highest BCUT2D eigenvalue weighted by Crippen LogP contribution is 2.26. The van der Waals surface area contributed by atoms with Crippen LogP contribution in [0.2, 0.25) is 0 Å². The third-order valence-corrected chi connectivity index (χ3v) is 7.52. The lowest BCUT2D eigenvalue weighted by atomic mass is 9.96. The molecule has 3 rings (SSSR count). The summed E-state index contributed by atoms with van der Waals surface area (Å²) in [5.74, 6) is 0.139. The molecule has 0 radical (unpaired) electrons. The molecule has 0 spiro atoms. The van der Waals surface area contributed by atoms with E-state index in [4.69, 9.17) is 21.3 Å². The van der Waals surface area contributed by atoms with Gasteiger partial charge in [0.15, 0.2) is 0 Å². The molecular weight excluding hydrogens is 466 g/mol. The molecule has 10 heteroatoms. The number of piperidine rings is 1. The fraction of sp³-hybridized carbons (Fsp3) is 0.400. The lowest BCUT2D eigenvalue weighted by Gasteiger charge is -2.34. The number of nitrogen functional groups attached to an aromatic ring is 1. The SMILES string of the molecule is COC(=O)c1cc(CN(CC2CCN(C(C)=N)CC2)S(C)(=O)=O)cc(-c2cccc(C(=N)N)c2)c1. The van der Waals surface area contributed by atoms with Gasteiger partial charge in [-0.2, -0.15) is 4.31 Å². The summed E-state index contributed by atoms with van der Waals surface area (Å²) in [4.78, 5) is 14.4. The molecule has 0 aromatic heterocycles. The van der Waals surface area contributed by atoms with Crippen molar-refractivity contribution in [3.8, 4) is 11.1 Å². The van der Waals surface area contributed by atoms with E-state index in [-0.39, 0.29) is 18.3 Å². The number of methoxy groups -OCH3 is 1. The highest BCUT2D eigenvalue weighted by Gasteiger charge is 2.26. The summed E-state index contributed by atoms with van der Waals surface area (Å²) in [5, 5.41) is 15.5. The Balaban J connectivity index is 1.91. The summed E-state index contributed by atoms with van der Waals surface area (Å²) < 4.78 is 31.7. The van der Waals surface area contributed by atoms with Crippen LogP contribution in [0.1, 0.15) is 41.3 Å². The Kier molecular flexibility index (Phi) is 8.29. The third-order valence-electron chi connectivity index (χ3n) is 6.30. The van der Waals surface area contributed by atoms with Crippen LogP contribution in [0.25, 0.3) is 11.1 Å². The molecule has 0 atom stereocenters. The molecule has 0 amide bonds. The Bertz CT molecular complexity index is 1220. The van der Waals surface area contributed by atoms with Crippen LogP contribution in [-0.4, -0.2) is 68.3 Å². The Hall–Kier alpha value is -3.24. The fourth-order valence-corrected chi connectivity index (χ4v) is 5.18. The molecule has 35 heavy (non-hydrogen) atoms. The molecule has 0 aliphatic carbocycles. The number of carbonyl (C=O) groups excluding carboxylic acids is 1. The number of carbonyl (C=O) groups is 1. The van der Waals surface area contributed by atoms with Gasteiger partial charge in [-0.1, -0.05) is 18.2 Å². The van der Waals surface area contributed by atoms with E-state index in [2.05, 4.69) is 0 Å². The summed E-state index contributed by atoms with van der Waals surface area (Å²) in [5.41, 5.74) is 8.63. The maximum atomic E-state index is 12.7. The minimum absolute atomic E-state index is 0.0660. The number of ether oxygens (including phenoxy) is 1. The maximum absolute atomic E-state index is 12.7. The smallest absolute Gasteiger partial charge is 0.337 e. The Morgan fingerprint density at radius 2 is 1.77 bits per heavy atom. The molecule has 1 heterocycles. The highest BCUT2D eigenvalue weighted by atomic mass is 32.2. The van der Waals surface area contributed by atoms with E-state index < -0.39 is 16.0 Å². The quantitative estimate of drug-likeness (QED) is 0.290. The van der Waals surface area contributed by atoms with Crippen LogP contribution in [0.3, 0.4) is 0 Å². The average molecular weight is 500 g/mol. The summed E-state index contributed by atoms with van der Waals surface area (Å²) in [7, 11) is -2.21. The molecule has 1 fully saturated rings. The van der Waals surface area contributed by atoms with E-state index in [1.54, 1.807) is 37.3 Å². The lowest BCUT2D eigenvalue weighted by molar-refractivity contribution is 0.0600. The Morgan fingerprint density at radius 3 is 2.34 bits per heavy atom. The number of rotatable bonds is 8. The number of benzene rings is 2. The van der Waals surface area contributed by atoms with Crippen molar-refractivity contribution in [2.24, 2.45) is 11.7 Å². The van der Waals surface area contributed by atoms with Crippen LogP contribution in [0, 0.1) is 16.7 Å². The first-order valence-electron chi connectivity index (χ1n) is 11.4. The molecule has 0 saturated carbocycles. The molecule has 1 aliphatic heterocycles. The predicted octanol–water partition coefficient (Wildman–Crippen LogP) is 2.90. The molecule has 4 N–H and O–H groups in total. The van der Waals surface area contributed by atoms with Crippen molar-refractivity contribution in [3.05, 3.63) is 59.2 Å². The number of hydrogen-bond donors (Lipinski definition) is 3. The van der Waals surface area contributed by atoms with Crippen molar-refractivity contribution in [1.82, 2.24) is 9.21 Å². The van der Waals surface area contributed by atoms with Crippen LogP contribution < -0.4 is 5.73 Å².